The Morgan fingerprint density at radius 1 is 1.06 bits per heavy atom. The van der Waals surface area contributed by atoms with Gasteiger partial charge in [0, 0.05) is 7.11 Å². The molecule has 1 heteroatoms. The average Bonchev–Trinajstić information content (AvgIpc) is 2.39. The van der Waals surface area contributed by atoms with Crippen molar-refractivity contribution in [2.24, 2.45) is 0 Å². The van der Waals surface area contributed by atoms with Gasteiger partial charge in [-0.15, -0.1) is 0 Å². The van der Waals surface area contributed by atoms with Gasteiger partial charge in [0.15, 0.2) is 0 Å². The summed E-state index contributed by atoms with van der Waals surface area (Å²) in [7, 11) is 1.83. The van der Waals surface area contributed by atoms with Crippen LogP contribution >= 0.6 is 0 Å². The van der Waals surface area contributed by atoms with Gasteiger partial charge >= 0.3 is 0 Å². The molecule has 1 fully saturated rings. The van der Waals surface area contributed by atoms with Crippen LogP contribution in [0.2, 0.25) is 0 Å². The predicted molar refractivity (Wildman–Crippen MR) is 67.8 cm³/mol. The van der Waals surface area contributed by atoms with E-state index in [0.29, 0.717) is 6.10 Å². The fraction of sp³-hybridized carbons (Fsp3) is 0.600. The zero-order valence-corrected chi connectivity index (χ0v) is 10.4. The lowest BCUT2D eigenvalue weighted by Gasteiger charge is -2.27. The normalized spacial score (nSPS) is 25.6. The highest BCUT2D eigenvalue weighted by molar-refractivity contribution is 5.25. The molecule has 0 aliphatic heterocycles. The molecule has 0 amide bonds. The molecule has 88 valence electrons. The summed E-state index contributed by atoms with van der Waals surface area (Å²) < 4.78 is 5.41. The highest BCUT2D eigenvalue weighted by Crippen LogP contribution is 2.33. The zero-order chi connectivity index (χ0) is 11.4. The Hall–Kier alpha value is -0.820. The molecule has 0 heterocycles. The summed E-state index contributed by atoms with van der Waals surface area (Å²) in [6, 6.07) is 9.18. The Morgan fingerprint density at radius 2 is 1.69 bits per heavy atom. The first-order chi connectivity index (χ1) is 7.83. The summed E-state index contributed by atoms with van der Waals surface area (Å²) in [6.07, 6.45) is 6.64. The van der Waals surface area contributed by atoms with E-state index in [0.717, 1.165) is 12.3 Å². The van der Waals surface area contributed by atoms with Crippen molar-refractivity contribution in [2.75, 3.05) is 7.11 Å². The van der Waals surface area contributed by atoms with Gasteiger partial charge in [0.25, 0.3) is 0 Å². The zero-order valence-electron chi connectivity index (χ0n) is 10.4. The van der Waals surface area contributed by atoms with Gasteiger partial charge in [0.05, 0.1) is 6.10 Å². The minimum Gasteiger partial charge on any atom is -0.381 e. The Labute approximate surface area is 98.8 Å². The quantitative estimate of drug-likeness (QED) is 0.747. The number of hydrogen-bond acceptors (Lipinski definition) is 1. The molecule has 0 spiro atoms. The number of benzene rings is 1. The van der Waals surface area contributed by atoms with Gasteiger partial charge in [-0.3, -0.25) is 0 Å². The van der Waals surface area contributed by atoms with Crippen LogP contribution in [0.3, 0.4) is 0 Å². The topological polar surface area (TPSA) is 9.23 Å². The van der Waals surface area contributed by atoms with E-state index in [1.807, 2.05) is 7.11 Å². The van der Waals surface area contributed by atoms with Crippen LogP contribution < -0.4 is 0 Å². The van der Waals surface area contributed by atoms with Crippen molar-refractivity contribution in [1.82, 2.24) is 0 Å². The number of ether oxygens (including phenoxy) is 1. The van der Waals surface area contributed by atoms with Crippen LogP contribution in [-0.4, -0.2) is 13.2 Å². The standard InChI is InChI=1S/C15H22O/c1-3-12-4-6-13(7-5-12)14-8-10-15(16-2)11-9-14/h4-7,14-15H,3,8-11H2,1-2H3/t14-,15+. The third kappa shape index (κ3) is 2.65. The molecule has 0 N–H and O–H groups in total. The second-order valence-corrected chi connectivity index (χ2v) is 4.80. The van der Waals surface area contributed by atoms with E-state index in [2.05, 4.69) is 31.2 Å². The number of methoxy groups -OCH3 is 1. The molecule has 2 rings (SSSR count). The van der Waals surface area contributed by atoms with Crippen molar-refractivity contribution < 1.29 is 4.74 Å². The molecule has 0 saturated heterocycles. The van der Waals surface area contributed by atoms with Gasteiger partial charge in [-0.25, -0.2) is 0 Å². The Morgan fingerprint density at radius 3 is 2.19 bits per heavy atom. The van der Waals surface area contributed by atoms with Crippen LogP contribution in [0.25, 0.3) is 0 Å². The highest BCUT2D eigenvalue weighted by atomic mass is 16.5. The van der Waals surface area contributed by atoms with Crippen molar-refractivity contribution in [3.63, 3.8) is 0 Å². The average molecular weight is 218 g/mol. The van der Waals surface area contributed by atoms with E-state index in [9.17, 15) is 0 Å². The Balaban J connectivity index is 1.97. The van der Waals surface area contributed by atoms with Crippen molar-refractivity contribution in [2.45, 2.75) is 51.0 Å². The summed E-state index contributed by atoms with van der Waals surface area (Å²) in [4.78, 5) is 0. The molecule has 0 unspecified atom stereocenters. The third-order valence-corrected chi connectivity index (χ3v) is 3.87. The monoisotopic (exact) mass is 218 g/mol. The fourth-order valence-corrected chi connectivity index (χ4v) is 2.66. The second kappa shape index (κ2) is 5.49. The van der Waals surface area contributed by atoms with Crippen LogP contribution in [0, 0.1) is 0 Å². The van der Waals surface area contributed by atoms with E-state index >= 15 is 0 Å². The molecular weight excluding hydrogens is 196 g/mol. The van der Waals surface area contributed by atoms with Gasteiger partial charge in [0.2, 0.25) is 0 Å². The van der Waals surface area contributed by atoms with Gasteiger partial charge in [-0.1, -0.05) is 31.2 Å². The van der Waals surface area contributed by atoms with Crippen LogP contribution in [0.4, 0.5) is 0 Å². The maximum Gasteiger partial charge on any atom is 0.0571 e. The maximum absolute atomic E-state index is 5.41. The van der Waals surface area contributed by atoms with Crippen molar-refractivity contribution >= 4 is 0 Å². The predicted octanol–water partition coefficient (Wildman–Crippen LogP) is 3.92. The first kappa shape index (κ1) is 11.7. The highest BCUT2D eigenvalue weighted by Gasteiger charge is 2.21. The first-order valence-corrected chi connectivity index (χ1v) is 6.45. The molecule has 1 aromatic rings. The van der Waals surface area contributed by atoms with Gasteiger partial charge in [0.1, 0.15) is 0 Å². The Bertz CT molecular complexity index is 307. The lowest BCUT2D eigenvalue weighted by Crippen LogP contribution is -2.19. The van der Waals surface area contributed by atoms with Gasteiger partial charge in [-0.2, -0.15) is 0 Å². The summed E-state index contributed by atoms with van der Waals surface area (Å²) in [6.45, 7) is 2.21. The number of hydrogen-bond donors (Lipinski definition) is 0. The second-order valence-electron chi connectivity index (χ2n) is 4.80. The molecule has 0 atom stereocenters. The van der Waals surface area contributed by atoms with Crippen molar-refractivity contribution in [3.05, 3.63) is 35.4 Å². The molecule has 0 bridgehead atoms. The largest absolute Gasteiger partial charge is 0.381 e. The van der Waals surface area contributed by atoms with E-state index < -0.39 is 0 Å². The Kier molecular flexibility index (Phi) is 4.00. The molecule has 1 aromatic carbocycles. The van der Waals surface area contributed by atoms with E-state index in [1.165, 1.54) is 36.8 Å². The van der Waals surface area contributed by atoms with Crippen molar-refractivity contribution in [1.29, 1.82) is 0 Å². The fourth-order valence-electron chi connectivity index (χ4n) is 2.66. The lowest BCUT2D eigenvalue weighted by atomic mass is 9.82. The lowest BCUT2D eigenvalue weighted by molar-refractivity contribution is 0.0659. The minimum atomic E-state index is 0.506. The summed E-state index contributed by atoms with van der Waals surface area (Å²) >= 11 is 0. The minimum absolute atomic E-state index is 0.506. The molecule has 1 nitrogen and oxygen atoms in total. The molecule has 1 aliphatic rings. The molecule has 1 aliphatic carbocycles. The first-order valence-electron chi connectivity index (χ1n) is 6.45. The van der Waals surface area contributed by atoms with Crippen LogP contribution in [-0.2, 0) is 11.2 Å². The molecule has 1 saturated carbocycles. The molecule has 16 heavy (non-hydrogen) atoms. The van der Waals surface area contributed by atoms with Crippen LogP contribution in [0.15, 0.2) is 24.3 Å². The van der Waals surface area contributed by atoms with Gasteiger partial charge in [-0.05, 0) is 49.1 Å². The van der Waals surface area contributed by atoms with Gasteiger partial charge < -0.3 is 4.74 Å². The third-order valence-electron chi connectivity index (χ3n) is 3.87. The van der Waals surface area contributed by atoms with E-state index in [-0.39, 0.29) is 0 Å². The molecule has 0 aromatic heterocycles. The van der Waals surface area contributed by atoms with Crippen LogP contribution in [0.5, 0.6) is 0 Å². The smallest absolute Gasteiger partial charge is 0.0571 e. The summed E-state index contributed by atoms with van der Waals surface area (Å²) in [5.41, 5.74) is 2.96. The SMILES string of the molecule is CCc1ccc([C@H]2CC[C@@H](OC)CC2)cc1. The van der Waals surface area contributed by atoms with Crippen LogP contribution in [0.1, 0.15) is 49.7 Å². The molecular formula is C15H22O. The number of rotatable bonds is 3. The molecule has 0 radical (unpaired) electrons. The maximum atomic E-state index is 5.41. The summed E-state index contributed by atoms with van der Waals surface area (Å²) in [5.74, 6) is 0.761. The van der Waals surface area contributed by atoms with E-state index in [4.69, 9.17) is 4.74 Å². The van der Waals surface area contributed by atoms with Crippen molar-refractivity contribution in [3.8, 4) is 0 Å². The van der Waals surface area contributed by atoms with E-state index in [1.54, 1.807) is 0 Å². The summed E-state index contributed by atoms with van der Waals surface area (Å²) in [5, 5.41) is 0. The number of aryl methyl sites for hydroxylation is 1.